The molecule has 7 nitrogen and oxygen atoms in total. The Morgan fingerprint density at radius 1 is 1.10 bits per heavy atom. The number of carbonyl (C=O) groups excluding carboxylic acids is 2. The van der Waals surface area contributed by atoms with Crippen LogP contribution in [0.2, 0.25) is 0 Å². The Morgan fingerprint density at radius 3 is 2.13 bits per heavy atom. The highest BCUT2D eigenvalue weighted by Gasteiger charge is 2.14. The van der Waals surface area contributed by atoms with Crippen molar-refractivity contribution in [3.63, 3.8) is 0 Å². The maximum Gasteiger partial charge on any atom is 0.344 e. The van der Waals surface area contributed by atoms with Crippen LogP contribution in [0.25, 0.3) is 6.08 Å². The number of carboxylic acids is 1. The molecule has 0 spiro atoms. The summed E-state index contributed by atoms with van der Waals surface area (Å²) in [7, 11) is 0. The zero-order chi connectivity index (χ0) is 24.1. The molecule has 0 aliphatic heterocycles. The fourth-order valence-electron chi connectivity index (χ4n) is 1.50. The van der Waals surface area contributed by atoms with Crippen LogP contribution < -0.4 is 0 Å². The Hall–Kier alpha value is -3.92. The summed E-state index contributed by atoms with van der Waals surface area (Å²) in [6, 6.07) is 11.8. The highest BCUT2D eigenvalue weighted by atomic mass is 16.5. The lowest BCUT2D eigenvalue weighted by atomic mass is 10.2. The first-order valence-corrected chi connectivity index (χ1v) is 9.43. The van der Waals surface area contributed by atoms with E-state index in [2.05, 4.69) is 24.5 Å². The molecule has 1 N–H and O–H groups in total. The van der Waals surface area contributed by atoms with Gasteiger partial charge in [-0.15, -0.1) is 0 Å². The first-order valence-electron chi connectivity index (χ1n) is 9.43. The Bertz CT molecular complexity index is 803. The van der Waals surface area contributed by atoms with Crippen molar-refractivity contribution in [1.82, 2.24) is 0 Å². The van der Waals surface area contributed by atoms with Crippen molar-refractivity contribution in [3.05, 3.63) is 78.9 Å². The second kappa shape index (κ2) is 19.4. The molecule has 7 heteroatoms. The molecule has 0 atom stereocenters. The maximum absolute atomic E-state index is 11.0. The van der Waals surface area contributed by atoms with Crippen LogP contribution in [0, 0.1) is 11.3 Å². The Kier molecular flexibility index (Phi) is 18.3. The largest absolute Gasteiger partial charge is 0.477 e. The smallest absolute Gasteiger partial charge is 0.344 e. The van der Waals surface area contributed by atoms with Gasteiger partial charge in [-0.1, -0.05) is 69.5 Å². The standard InChI is InChI=1S/C10H13NO2.C8H8.C6H8O4/c1-3-4-8-13-10(12)9(2)6-5-7-11;1-2-8-6-4-3-5-7-8;1-3-10-6(9)4(2)5(7)8/h5-6H,2-4,8H2,1H3;2-7H,1H2;2-3H2,1H3,(H,7,8). The van der Waals surface area contributed by atoms with Gasteiger partial charge in [0.05, 0.1) is 24.9 Å². The van der Waals surface area contributed by atoms with Crippen molar-refractivity contribution in [2.45, 2.75) is 26.7 Å². The Morgan fingerprint density at radius 2 is 1.71 bits per heavy atom. The number of rotatable bonds is 9. The van der Waals surface area contributed by atoms with Crippen LogP contribution in [0.4, 0.5) is 0 Å². The minimum Gasteiger partial charge on any atom is -0.477 e. The van der Waals surface area contributed by atoms with Gasteiger partial charge in [0.2, 0.25) is 0 Å². The van der Waals surface area contributed by atoms with E-state index in [0.29, 0.717) is 6.61 Å². The number of aliphatic carboxylic acids is 1. The van der Waals surface area contributed by atoms with Gasteiger partial charge < -0.3 is 14.6 Å². The molecule has 0 aromatic heterocycles. The number of unbranched alkanes of at least 4 members (excludes halogenated alkanes) is 1. The molecule has 0 saturated carbocycles. The van der Waals surface area contributed by atoms with Crippen LogP contribution in [0.15, 0.2) is 73.4 Å². The molecule has 1 aromatic carbocycles. The molecule has 31 heavy (non-hydrogen) atoms. The molecule has 0 amide bonds. The monoisotopic (exact) mass is 427 g/mol. The molecule has 0 unspecified atom stereocenters. The summed E-state index contributed by atoms with van der Waals surface area (Å²) in [4.78, 5) is 31.5. The minimum absolute atomic E-state index is 0.158. The molecule has 1 aromatic rings. The fraction of sp³-hybridized carbons (Fsp3) is 0.250. The normalized spacial score (nSPS) is 8.94. The molecule has 0 bridgehead atoms. The van der Waals surface area contributed by atoms with E-state index in [1.807, 2.05) is 43.3 Å². The molecular formula is C24H29NO6. The summed E-state index contributed by atoms with van der Waals surface area (Å²) in [6.07, 6.45) is 6.20. The van der Waals surface area contributed by atoms with Crippen LogP contribution in [-0.4, -0.2) is 36.2 Å². The molecule has 0 saturated heterocycles. The number of carboxylic acid groups (broad SMARTS) is 1. The lowest BCUT2D eigenvalue weighted by Crippen LogP contribution is -2.13. The van der Waals surface area contributed by atoms with Gasteiger partial charge in [-0.2, -0.15) is 5.26 Å². The maximum atomic E-state index is 11.0. The average Bonchev–Trinajstić information content (AvgIpc) is 2.78. The number of allylic oxidation sites excluding steroid dienone is 1. The van der Waals surface area contributed by atoms with Gasteiger partial charge in [0.15, 0.2) is 0 Å². The van der Waals surface area contributed by atoms with Gasteiger partial charge in [0.25, 0.3) is 0 Å². The summed E-state index contributed by atoms with van der Waals surface area (Å²) in [5.41, 5.74) is 0.840. The van der Waals surface area contributed by atoms with Crippen molar-refractivity contribution < 1.29 is 29.0 Å². The molecule has 0 aliphatic rings. The van der Waals surface area contributed by atoms with Gasteiger partial charge in [0, 0.05) is 6.08 Å². The third-order valence-corrected chi connectivity index (χ3v) is 3.17. The van der Waals surface area contributed by atoms with Crippen LogP contribution in [0.5, 0.6) is 0 Å². The predicted octanol–water partition coefficient (Wildman–Crippen LogP) is 4.49. The van der Waals surface area contributed by atoms with Crippen molar-refractivity contribution in [2.75, 3.05) is 13.2 Å². The van der Waals surface area contributed by atoms with E-state index < -0.39 is 23.5 Å². The van der Waals surface area contributed by atoms with Gasteiger partial charge in [-0.05, 0) is 25.0 Å². The first kappa shape index (κ1) is 29.3. The Labute approximate surface area is 183 Å². The zero-order valence-electron chi connectivity index (χ0n) is 18.0. The third kappa shape index (κ3) is 16.7. The topological polar surface area (TPSA) is 114 Å². The molecule has 0 fully saturated rings. The Balaban J connectivity index is 0. The summed E-state index contributed by atoms with van der Waals surface area (Å²) in [6.45, 7) is 14.3. The second-order valence-corrected chi connectivity index (χ2v) is 5.60. The quantitative estimate of drug-likeness (QED) is 0.117. The minimum atomic E-state index is -1.35. The van der Waals surface area contributed by atoms with E-state index in [-0.39, 0.29) is 12.2 Å². The molecule has 0 heterocycles. The number of hydrogen-bond donors (Lipinski definition) is 1. The fourth-order valence-corrected chi connectivity index (χ4v) is 1.50. The van der Waals surface area contributed by atoms with Gasteiger partial charge in [-0.3, -0.25) is 0 Å². The zero-order valence-corrected chi connectivity index (χ0v) is 18.0. The lowest BCUT2D eigenvalue weighted by Gasteiger charge is -2.01. The summed E-state index contributed by atoms with van der Waals surface area (Å²) >= 11 is 0. The molecule has 0 aliphatic carbocycles. The summed E-state index contributed by atoms with van der Waals surface area (Å²) < 4.78 is 9.19. The van der Waals surface area contributed by atoms with Crippen molar-refractivity contribution in [2.24, 2.45) is 0 Å². The van der Waals surface area contributed by atoms with Crippen molar-refractivity contribution in [1.29, 1.82) is 5.26 Å². The number of carbonyl (C=O) groups is 3. The van der Waals surface area contributed by atoms with Crippen LogP contribution in [-0.2, 0) is 23.9 Å². The van der Waals surface area contributed by atoms with E-state index in [9.17, 15) is 14.4 Å². The highest BCUT2D eigenvalue weighted by molar-refractivity contribution is 6.12. The first-order chi connectivity index (χ1) is 14.7. The molecular weight excluding hydrogens is 398 g/mol. The van der Waals surface area contributed by atoms with Gasteiger partial charge in [-0.25, -0.2) is 14.4 Å². The number of esters is 2. The second-order valence-electron chi connectivity index (χ2n) is 5.60. The van der Waals surface area contributed by atoms with E-state index in [0.717, 1.165) is 12.8 Å². The number of nitrogens with zero attached hydrogens (tertiary/aromatic N) is 1. The average molecular weight is 427 g/mol. The van der Waals surface area contributed by atoms with Crippen molar-refractivity contribution in [3.8, 4) is 6.07 Å². The predicted molar refractivity (Wildman–Crippen MR) is 120 cm³/mol. The molecule has 1 rings (SSSR count). The summed E-state index contributed by atoms with van der Waals surface area (Å²) in [5.74, 6) is -2.69. The number of hydrogen-bond acceptors (Lipinski definition) is 6. The van der Waals surface area contributed by atoms with Gasteiger partial charge in [0.1, 0.15) is 5.57 Å². The van der Waals surface area contributed by atoms with E-state index in [1.54, 1.807) is 13.0 Å². The van der Waals surface area contributed by atoms with Crippen LogP contribution in [0.3, 0.4) is 0 Å². The van der Waals surface area contributed by atoms with Crippen molar-refractivity contribution >= 4 is 24.0 Å². The van der Waals surface area contributed by atoms with Gasteiger partial charge >= 0.3 is 17.9 Å². The van der Waals surface area contributed by atoms with Crippen LogP contribution in [0.1, 0.15) is 32.3 Å². The third-order valence-electron chi connectivity index (χ3n) is 3.17. The van der Waals surface area contributed by atoms with E-state index in [1.165, 1.54) is 17.7 Å². The molecule has 0 radical (unpaired) electrons. The SMILES string of the molecule is C=C(C(=O)O)C(=O)OCC.C=C(C=CC#N)C(=O)OCCCC.C=Cc1ccccc1. The number of nitriles is 1. The number of benzene rings is 1. The highest BCUT2D eigenvalue weighted by Crippen LogP contribution is 1.99. The summed E-state index contributed by atoms with van der Waals surface area (Å²) in [5, 5.41) is 16.4. The van der Waals surface area contributed by atoms with E-state index in [4.69, 9.17) is 15.1 Å². The van der Waals surface area contributed by atoms with E-state index >= 15 is 0 Å². The lowest BCUT2D eigenvalue weighted by molar-refractivity contribution is -0.144. The number of ether oxygens (including phenoxy) is 2. The molecule has 166 valence electrons. The van der Waals surface area contributed by atoms with Crippen LogP contribution >= 0.6 is 0 Å².